The molecule has 0 aliphatic carbocycles. The van der Waals surface area contributed by atoms with Gasteiger partial charge in [0.05, 0.1) is 11.8 Å². The molecule has 2 aliphatic heterocycles. The first-order valence-electron chi connectivity index (χ1n) is 7.77. The van der Waals surface area contributed by atoms with Crippen molar-refractivity contribution in [2.75, 3.05) is 33.4 Å². The van der Waals surface area contributed by atoms with E-state index in [1.165, 1.54) is 12.0 Å². The predicted molar refractivity (Wildman–Crippen MR) is 82.3 cm³/mol. The molecule has 23 heavy (non-hydrogen) atoms. The van der Waals surface area contributed by atoms with Crippen molar-refractivity contribution in [3.05, 3.63) is 35.9 Å². The summed E-state index contributed by atoms with van der Waals surface area (Å²) in [5, 5.41) is 0. The molecule has 2 fully saturated rings. The lowest BCUT2D eigenvalue weighted by Gasteiger charge is -2.20. The van der Waals surface area contributed by atoms with Gasteiger partial charge in [0.1, 0.15) is 6.61 Å². The Bertz CT molecular complexity index is 592. The molecule has 3 rings (SSSR count). The first-order chi connectivity index (χ1) is 11.1. The number of methoxy groups -OCH3 is 1. The minimum atomic E-state index is -0.390. The minimum Gasteiger partial charge on any atom is -0.375 e. The maximum Gasteiger partial charge on any atom is 0.248 e. The van der Waals surface area contributed by atoms with E-state index in [2.05, 4.69) is 0 Å². The van der Waals surface area contributed by atoms with E-state index in [4.69, 9.17) is 4.74 Å². The third-order valence-electron chi connectivity index (χ3n) is 4.57. The zero-order valence-corrected chi connectivity index (χ0v) is 13.1. The van der Waals surface area contributed by atoms with Crippen molar-refractivity contribution in [1.82, 2.24) is 9.80 Å². The number of carbonyl (C=O) groups excluding carboxylic acids is 3. The molecule has 2 saturated heterocycles. The molecule has 6 heteroatoms. The summed E-state index contributed by atoms with van der Waals surface area (Å²) in [5.41, 5.74) is 1.10. The van der Waals surface area contributed by atoms with Crippen LogP contribution in [0.25, 0.3) is 0 Å². The molecule has 6 nitrogen and oxygen atoms in total. The third-order valence-corrected chi connectivity index (χ3v) is 4.57. The molecular weight excluding hydrogens is 296 g/mol. The highest BCUT2D eigenvalue weighted by Crippen LogP contribution is 2.33. The Morgan fingerprint density at radius 2 is 1.74 bits per heavy atom. The molecule has 0 unspecified atom stereocenters. The molecule has 1 aromatic rings. The molecule has 0 saturated carbocycles. The summed E-state index contributed by atoms with van der Waals surface area (Å²) in [5.74, 6) is -1.25. The zero-order chi connectivity index (χ0) is 16.4. The van der Waals surface area contributed by atoms with E-state index in [1.54, 1.807) is 4.90 Å². The van der Waals surface area contributed by atoms with E-state index >= 15 is 0 Å². The van der Waals surface area contributed by atoms with Gasteiger partial charge in [0.2, 0.25) is 17.7 Å². The molecule has 0 N–H and O–H groups in total. The Kier molecular flexibility index (Phi) is 4.43. The Morgan fingerprint density at radius 3 is 2.30 bits per heavy atom. The molecule has 0 radical (unpaired) electrons. The molecule has 2 aliphatic rings. The maximum absolute atomic E-state index is 12.5. The highest BCUT2D eigenvalue weighted by Gasteiger charge is 2.52. The van der Waals surface area contributed by atoms with E-state index < -0.39 is 0 Å². The van der Waals surface area contributed by atoms with E-state index in [9.17, 15) is 14.4 Å². The summed E-state index contributed by atoms with van der Waals surface area (Å²) in [7, 11) is 1.45. The Morgan fingerprint density at radius 1 is 1.13 bits per heavy atom. The number of hydrogen-bond donors (Lipinski definition) is 0. The Hall–Kier alpha value is -2.21. The Labute approximate surface area is 135 Å². The van der Waals surface area contributed by atoms with Gasteiger partial charge in [-0.3, -0.25) is 19.3 Å². The number of ether oxygens (including phenoxy) is 1. The van der Waals surface area contributed by atoms with Crippen LogP contribution >= 0.6 is 0 Å². The Balaban J connectivity index is 1.62. The summed E-state index contributed by atoms with van der Waals surface area (Å²) in [6, 6.07) is 9.79. The average molecular weight is 316 g/mol. The van der Waals surface area contributed by atoms with E-state index in [-0.39, 0.29) is 36.2 Å². The summed E-state index contributed by atoms with van der Waals surface area (Å²) >= 11 is 0. The van der Waals surface area contributed by atoms with Crippen LogP contribution in [0.1, 0.15) is 5.56 Å². The summed E-state index contributed by atoms with van der Waals surface area (Å²) in [6.07, 6.45) is 0.657. The van der Waals surface area contributed by atoms with Gasteiger partial charge in [-0.05, 0) is 12.0 Å². The van der Waals surface area contributed by atoms with Crippen LogP contribution in [0.4, 0.5) is 0 Å². The second kappa shape index (κ2) is 6.50. The standard InChI is InChI=1S/C17H20N2O4/c1-23-11-15(20)18-9-13-14(10-18)17(22)19(16(13)21)8-7-12-5-3-2-4-6-12/h2-6,13-14H,7-11H2,1H3/t13-,14+. The normalized spacial score (nSPS) is 23.5. The van der Waals surface area contributed by atoms with Gasteiger partial charge in [0.15, 0.2) is 0 Å². The SMILES string of the molecule is COCC(=O)N1C[C@@H]2C(=O)N(CCc3ccccc3)C(=O)[C@@H]2C1. The molecular formula is C17H20N2O4. The minimum absolute atomic E-state index is 0.0143. The van der Waals surface area contributed by atoms with Gasteiger partial charge in [-0.15, -0.1) is 0 Å². The highest BCUT2D eigenvalue weighted by molar-refractivity contribution is 6.06. The zero-order valence-electron chi connectivity index (χ0n) is 13.1. The van der Waals surface area contributed by atoms with Gasteiger partial charge >= 0.3 is 0 Å². The third kappa shape index (κ3) is 2.99. The van der Waals surface area contributed by atoms with Crippen molar-refractivity contribution < 1.29 is 19.1 Å². The van der Waals surface area contributed by atoms with Gasteiger partial charge in [-0.1, -0.05) is 30.3 Å². The van der Waals surface area contributed by atoms with Crippen LogP contribution in [0.15, 0.2) is 30.3 Å². The van der Waals surface area contributed by atoms with Crippen molar-refractivity contribution in [3.8, 4) is 0 Å². The highest BCUT2D eigenvalue weighted by atomic mass is 16.5. The second-order valence-electron chi connectivity index (χ2n) is 6.01. The molecule has 2 heterocycles. The topological polar surface area (TPSA) is 66.9 Å². The number of carbonyl (C=O) groups is 3. The molecule has 3 amide bonds. The number of amides is 3. The fraction of sp³-hybridized carbons (Fsp3) is 0.471. The number of likely N-dealkylation sites (tertiary alicyclic amines) is 2. The van der Waals surface area contributed by atoms with Crippen LogP contribution in [0.5, 0.6) is 0 Å². The molecule has 0 aromatic heterocycles. The van der Waals surface area contributed by atoms with Crippen molar-refractivity contribution >= 4 is 17.7 Å². The fourth-order valence-corrected chi connectivity index (χ4v) is 3.34. The number of rotatable bonds is 5. The number of hydrogen-bond acceptors (Lipinski definition) is 4. The largest absolute Gasteiger partial charge is 0.375 e. The smallest absolute Gasteiger partial charge is 0.248 e. The van der Waals surface area contributed by atoms with Gasteiger partial charge < -0.3 is 9.64 Å². The average Bonchev–Trinajstić information content (AvgIpc) is 3.08. The van der Waals surface area contributed by atoms with Gasteiger partial charge in [-0.25, -0.2) is 0 Å². The second-order valence-corrected chi connectivity index (χ2v) is 6.01. The lowest BCUT2D eigenvalue weighted by molar-refractivity contribution is -0.141. The van der Waals surface area contributed by atoms with Crippen LogP contribution in [-0.2, 0) is 25.5 Å². The first-order valence-corrected chi connectivity index (χ1v) is 7.77. The number of imide groups is 1. The van der Waals surface area contributed by atoms with Crippen LogP contribution in [0, 0.1) is 11.8 Å². The van der Waals surface area contributed by atoms with E-state index in [0.717, 1.165) is 5.56 Å². The molecule has 122 valence electrons. The van der Waals surface area contributed by atoms with Gasteiger partial charge in [0, 0.05) is 26.7 Å². The summed E-state index contributed by atoms with van der Waals surface area (Å²) in [4.78, 5) is 39.7. The fourth-order valence-electron chi connectivity index (χ4n) is 3.34. The van der Waals surface area contributed by atoms with Crippen molar-refractivity contribution in [1.29, 1.82) is 0 Å². The monoisotopic (exact) mass is 316 g/mol. The number of fused-ring (bicyclic) bond motifs is 1. The van der Waals surface area contributed by atoms with Crippen LogP contribution < -0.4 is 0 Å². The first kappa shape index (κ1) is 15.7. The molecule has 0 spiro atoms. The van der Waals surface area contributed by atoms with Gasteiger partial charge in [-0.2, -0.15) is 0 Å². The molecule has 1 aromatic carbocycles. The van der Waals surface area contributed by atoms with Crippen LogP contribution in [0.3, 0.4) is 0 Å². The summed E-state index contributed by atoms with van der Waals surface area (Å²) in [6.45, 7) is 1.03. The number of nitrogens with zero attached hydrogens (tertiary/aromatic N) is 2. The van der Waals surface area contributed by atoms with Crippen molar-refractivity contribution in [2.45, 2.75) is 6.42 Å². The van der Waals surface area contributed by atoms with Crippen molar-refractivity contribution in [2.24, 2.45) is 11.8 Å². The van der Waals surface area contributed by atoms with E-state index in [1.807, 2.05) is 30.3 Å². The lowest BCUT2D eigenvalue weighted by Crippen LogP contribution is -2.39. The van der Waals surface area contributed by atoms with Gasteiger partial charge in [0.25, 0.3) is 0 Å². The predicted octanol–water partition coefficient (Wildman–Crippen LogP) is 0.319. The maximum atomic E-state index is 12.5. The number of benzene rings is 1. The summed E-state index contributed by atoms with van der Waals surface area (Å²) < 4.78 is 4.83. The van der Waals surface area contributed by atoms with E-state index in [0.29, 0.717) is 26.1 Å². The molecule has 0 bridgehead atoms. The quantitative estimate of drug-likeness (QED) is 0.734. The lowest BCUT2D eigenvalue weighted by atomic mass is 10.00. The molecule has 2 atom stereocenters. The van der Waals surface area contributed by atoms with Crippen molar-refractivity contribution in [3.63, 3.8) is 0 Å². The van der Waals surface area contributed by atoms with Crippen LogP contribution in [0.2, 0.25) is 0 Å². The van der Waals surface area contributed by atoms with Crippen LogP contribution in [-0.4, -0.2) is 60.9 Å².